The van der Waals surface area contributed by atoms with E-state index in [1.54, 1.807) is 20.8 Å². The van der Waals surface area contributed by atoms with Gasteiger partial charge in [0.1, 0.15) is 5.76 Å². The molecule has 0 bridgehead atoms. The molecule has 31 heavy (non-hydrogen) atoms. The third-order valence-corrected chi connectivity index (χ3v) is 7.17. The Bertz CT molecular complexity index is 1170. The molecule has 0 aliphatic heterocycles. The second kappa shape index (κ2) is 9.64. The van der Waals surface area contributed by atoms with Gasteiger partial charge in [0.25, 0.3) is 0 Å². The van der Waals surface area contributed by atoms with Gasteiger partial charge in [-0.05, 0) is 37.3 Å². The third kappa shape index (κ3) is 5.15. The van der Waals surface area contributed by atoms with Gasteiger partial charge in [0.2, 0.25) is 21.8 Å². The highest BCUT2D eigenvalue weighted by Gasteiger charge is 2.23. The molecule has 0 aliphatic rings. The first-order valence-electron chi connectivity index (χ1n) is 9.87. The molecule has 3 rings (SSSR count). The van der Waals surface area contributed by atoms with Crippen molar-refractivity contribution in [2.45, 2.75) is 32.1 Å². The van der Waals surface area contributed by atoms with Crippen LogP contribution in [0, 0.1) is 6.92 Å². The fraction of sp³-hybridized carbons (Fsp3) is 0.273. The van der Waals surface area contributed by atoms with Crippen LogP contribution >= 0.6 is 11.6 Å². The summed E-state index contributed by atoms with van der Waals surface area (Å²) in [6, 6.07) is 13.7. The predicted molar refractivity (Wildman–Crippen MR) is 121 cm³/mol. The van der Waals surface area contributed by atoms with Crippen LogP contribution in [0.1, 0.15) is 25.3 Å². The topological polar surface area (TPSA) is 92.5 Å². The number of carbonyl (C=O) groups excluding carboxylic acids is 1. The van der Waals surface area contributed by atoms with Crippen molar-refractivity contribution in [3.63, 3.8) is 0 Å². The summed E-state index contributed by atoms with van der Waals surface area (Å²) in [6.45, 7) is 5.97. The van der Waals surface area contributed by atoms with E-state index in [9.17, 15) is 13.2 Å². The number of hydrogen-bond acceptors (Lipinski definition) is 5. The van der Waals surface area contributed by atoms with Crippen molar-refractivity contribution >= 4 is 33.2 Å². The monoisotopic (exact) mass is 461 g/mol. The number of rotatable bonds is 8. The van der Waals surface area contributed by atoms with E-state index in [1.807, 2.05) is 30.3 Å². The van der Waals surface area contributed by atoms with E-state index < -0.39 is 10.0 Å². The van der Waals surface area contributed by atoms with Gasteiger partial charge in [-0.1, -0.05) is 43.6 Å². The van der Waals surface area contributed by atoms with Crippen molar-refractivity contribution in [3.8, 4) is 11.5 Å². The minimum atomic E-state index is -3.67. The molecule has 2 aromatic carbocycles. The smallest absolute Gasteiger partial charge is 0.243 e. The fourth-order valence-electron chi connectivity index (χ4n) is 3.12. The lowest BCUT2D eigenvalue weighted by Gasteiger charge is -2.19. The zero-order valence-corrected chi connectivity index (χ0v) is 19.1. The number of halogens is 1. The molecule has 164 valence electrons. The number of benzene rings is 2. The van der Waals surface area contributed by atoms with E-state index in [-0.39, 0.29) is 27.9 Å². The van der Waals surface area contributed by atoms with Crippen molar-refractivity contribution in [1.29, 1.82) is 0 Å². The van der Waals surface area contributed by atoms with Gasteiger partial charge in [-0.15, -0.1) is 0 Å². The molecule has 1 aromatic heterocycles. The van der Waals surface area contributed by atoms with Gasteiger partial charge in [-0.2, -0.15) is 4.31 Å². The van der Waals surface area contributed by atoms with E-state index >= 15 is 0 Å². The third-order valence-electron chi connectivity index (χ3n) is 4.80. The molecular formula is C22H24ClN3O4S. The zero-order valence-electron chi connectivity index (χ0n) is 17.6. The van der Waals surface area contributed by atoms with Gasteiger partial charge in [-0.3, -0.25) is 4.79 Å². The van der Waals surface area contributed by atoms with Gasteiger partial charge in [0, 0.05) is 18.7 Å². The molecule has 0 saturated carbocycles. The molecule has 9 heteroatoms. The molecular weight excluding hydrogens is 438 g/mol. The van der Waals surface area contributed by atoms with Crippen molar-refractivity contribution in [2.75, 3.05) is 18.4 Å². The largest absolute Gasteiger partial charge is 0.441 e. The van der Waals surface area contributed by atoms with Crippen LogP contribution in [0.3, 0.4) is 0 Å². The molecule has 0 unspecified atom stereocenters. The number of oxazole rings is 1. The van der Waals surface area contributed by atoms with Gasteiger partial charge < -0.3 is 9.73 Å². The second-order valence-corrected chi connectivity index (χ2v) is 9.19. The first-order chi connectivity index (χ1) is 14.8. The molecule has 0 fully saturated rings. The quantitative estimate of drug-likeness (QED) is 0.532. The fourth-order valence-corrected chi connectivity index (χ4v) is 4.77. The van der Waals surface area contributed by atoms with Crippen molar-refractivity contribution in [1.82, 2.24) is 9.29 Å². The number of anilines is 1. The average molecular weight is 462 g/mol. The van der Waals surface area contributed by atoms with Crippen LogP contribution in [-0.2, 0) is 21.2 Å². The maximum Gasteiger partial charge on any atom is 0.243 e. The summed E-state index contributed by atoms with van der Waals surface area (Å²) in [6.07, 6.45) is -0.0362. The lowest BCUT2D eigenvalue weighted by Crippen LogP contribution is -2.30. The lowest BCUT2D eigenvalue weighted by atomic mass is 10.2. The summed E-state index contributed by atoms with van der Waals surface area (Å²) in [7, 11) is -3.67. The first-order valence-corrected chi connectivity index (χ1v) is 11.7. The average Bonchev–Trinajstić information content (AvgIpc) is 3.11. The summed E-state index contributed by atoms with van der Waals surface area (Å²) in [5.41, 5.74) is 1.54. The maximum atomic E-state index is 12.8. The number of nitrogens with one attached hydrogen (secondary N) is 1. The molecule has 0 atom stereocenters. The molecule has 1 amide bonds. The van der Waals surface area contributed by atoms with Gasteiger partial charge in [-0.25, -0.2) is 13.4 Å². The SMILES string of the molecule is CCN(CC)S(=O)(=O)c1ccc(Cl)c(NC(=O)Cc2nc(-c3ccccc3)oc2C)c1. The van der Waals surface area contributed by atoms with E-state index in [4.69, 9.17) is 16.0 Å². The summed E-state index contributed by atoms with van der Waals surface area (Å²) in [4.78, 5) is 17.1. The highest BCUT2D eigenvalue weighted by molar-refractivity contribution is 7.89. The minimum absolute atomic E-state index is 0.0362. The Hall–Kier alpha value is -2.68. The number of aryl methyl sites for hydroxylation is 1. The molecule has 0 saturated heterocycles. The first kappa shape index (κ1) is 23.0. The van der Waals surface area contributed by atoms with E-state index in [0.717, 1.165) is 5.56 Å². The van der Waals surface area contributed by atoms with Crippen LogP contribution in [0.2, 0.25) is 5.02 Å². The Labute approximate surface area is 187 Å². The summed E-state index contributed by atoms with van der Waals surface area (Å²) >= 11 is 6.20. The van der Waals surface area contributed by atoms with Crippen molar-refractivity contribution in [3.05, 3.63) is 65.0 Å². The van der Waals surface area contributed by atoms with Gasteiger partial charge >= 0.3 is 0 Å². The molecule has 0 radical (unpaired) electrons. The molecule has 3 aromatic rings. The Morgan fingerprint density at radius 1 is 1.13 bits per heavy atom. The van der Waals surface area contributed by atoms with Crippen molar-refractivity contribution < 1.29 is 17.6 Å². The molecule has 1 N–H and O–H groups in total. The number of aromatic nitrogens is 1. The normalized spacial score (nSPS) is 11.6. The molecule has 0 spiro atoms. The predicted octanol–water partition coefficient (Wildman–Crippen LogP) is 4.52. The van der Waals surface area contributed by atoms with Crippen LogP contribution in [0.5, 0.6) is 0 Å². The summed E-state index contributed by atoms with van der Waals surface area (Å²) in [5, 5.41) is 2.93. The van der Waals surface area contributed by atoms with Crippen molar-refractivity contribution in [2.24, 2.45) is 0 Å². The number of sulfonamides is 1. The van der Waals surface area contributed by atoms with Crippen LogP contribution in [0.4, 0.5) is 5.69 Å². The number of hydrogen-bond donors (Lipinski definition) is 1. The van der Waals surface area contributed by atoms with E-state index in [1.165, 1.54) is 22.5 Å². The van der Waals surface area contributed by atoms with Crippen LogP contribution in [0.15, 0.2) is 57.8 Å². The van der Waals surface area contributed by atoms with Gasteiger partial charge in [0.15, 0.2) is 0 Å². The standard InChI is InChI=1S/C22H24ClN3O4S/c1-4-26(5-2)31(28,29)17-11-12-18(23)20(13-17)24-21(27)14-19-15(3)30-22(25-19)16-9-7-6-8-10-16/h6-13H,4-5,14H2,1-3H3,(H,24,27). The number of nitrogens with zero attached hydrogens (tertiary/aromatic N) is 2. The molecule has 7 nitrogen and oxygen atoms in total. The molecule has 0 aliphatic carbocycles. The second-order valence-electron chi connectivity index (χ2n) is 6.84. The highest BCUT2D eigenvalue weighted by atomic mass is 35.5. The summed E-state index contributed by atoms with van der Waals surface area (Å²) in [5.74, 6) is 0.597. The van der Waals surface area contributed by atoms with Crippen LogP contribution in [-0.4, -0.2) is 36.7 Å². The summed E-state index contributed by atoms with van der Waals surface area (Å²) < 4.78 is 32.6. The maximum absolute atomic E-state index is 12.8. The number of amides is 1. The highest BCUT2D eigenvalue weighted by Crippen LogP contribution is 2.28. The Kier molecular flexibility index (Phi) is 7.15. The van der Waals surface area contributed by atoms with Gasteiger partial charge in [0.05, 0.1) is 27.7 Å². The molecule has 1 heterocycles. The number of carbonyl (C=O) groups is 1. The Morgan fingerprint density at radius 3 is 2.45 bits per heavy atom. The van der Waals surface area contributed by atoms with Crippen LogP contribution in [0.25, 0.3) is 11.5 Å². The lowest BCUT2D eigenvalue weighted by molar-refractivity contribution is -0.115. The van der Waals surface area contributed by atoms with E-state index in [0.29, 0.717) is 30.4 Å². The van der Waals surface area contributed by atoms with E-state index in [2.05, 4.69) is 10.3 Å². The Balaban J connectivity index is 1.79. The zero-order chi connectivity index (χ0) is 22.6. The van der Waals surface area contributed by atoms with Crippen LogP contribution < -0.4 is 5.32 Å². The minimum Gasteiger partial charge on any atom is -0.441 e. The Morgan fingerprint density at radius 2 is 1.81 bits per heavy atom.